The van der Waals surface area contributed by atoms with E-state index in [4.69, 9.17) is 4.42 Å². The third-order valence-corrected chi connectivity index (χ3v) is 5.90. The Bertz CT molecular complexity index is 1170. The topological polar surface area (TPSA) is 73.0 Å². The fourth-order valence-electron chi connectivity index (χ4n) is 3.35. The number of rotatable bonds is 6. The third-order valence-electron chi connectivity index (χ3n) is 4.91. The number of fused-ring (bicyclic) bond motifs is 1. The summed E-state index contributed by atoms with van der Waals surface area (Å²) in [6, 6.07) is 11.6. The van der Waals surface area contributed by atoms with E-state index in [-0.39, 0.29) is 11.7 Å². The molecule has 4 aromatic rings. The second-order valence-corrected chi connectivity index (χ2v) is 7.92. The third kappa shape index (κ3) is 4.05. The number of thioether (sulfide) groups is 1. The van der Waals surface area contributed by atoms with Gasteiger partial charge in [0.25, 0.3) is 0 Å². The number of nitrogens with one attached hydrogen (secondary N) is 1. The van der Waals surface area contributed by atoms with E-state index < -0.39 is 0 Å². The number of benzene rings is 1. The number of carbonyl (C=O) groups is 1. The van der Waals surface area contributed by atoms with E-state index in [0.29, 0.717) is 6.54 Å². The molecule has 148 valence electrons. The smallest absolute Gasteiger partial charge is 0.234 e. The van der Waals surface area contributed by atoms with Crippen LogP contribution in [0.1, 0.15) is 22.6 Å². The number of hydrogen-bond acceptors (Lipinski definition) is 5. The number of nitrogens with zero attached hydrogens (tertiary/aromatic N) is 3. The quantitative estimate of drug-likeness (QED) is 0.370. The van der Waals surface area contributed by atoms with Gasteiger partial charge < -0.3 is 14.3 Å². The zero-order valence-corrected chi connectivity index (χ0v) is 17.4. The molecule has 0 atom stereocenters. The molecule has 3 heterocycles. The first-order valence-corrected chi connectivity index (χ1v) is 10.3. The van der Waals surface area contributed by atoms with E-state index >= 15 is 0 Å². The van der Waals surface area contributed by atoms with Crippen molar-refractivity contribution in [2.45, 2.75) is 32.3 Å². The number of carbonyl (C=O) groups excluding carboxylic acids is 1. The van der Waals surface area contributed by atoms with Crippen molar-refractivity contribution in [3.05, 3.63) is 71.6 Å². The summed E-state index contributed by atoms with van der Waals surface area (Å²) in [5.74, 6) is 1.09. The maximum atomic E-state index is 12.4. The summed E-state index contributed by atoms with van der Waals surface area (Å²) in [4.78, 5) is 21.4. The van der Waals surface area contributed by atoms with E-state index in [1.54, 1.807) is 12.6 Å². The Morgan fingerprint density at radius 1 is 1.17 bits per heavy atom. The van der Waals surface area contributed by atoms with Crippen LogP contribution >= 0.6 is 11.8 Å². The lowest BCUT2D eigenvalue weighted by Crippen LogP contribution is -2.14. The minimum atomic E-state index is -0.0586. The zero-order chi connectivity index (χ0) is 20.4. The maximum Gasteiger partial charge on any atom is 0.234 e. The molecule has 1 N–H and O–H groups in total. The number of anilines is 1. The van der Waals surface area contributed by atoms with Gasteiger partial charge in [0.15, 0.2) is 0 Å². The Balaban J connectivity index is 1.55. The van der Waals surface area contributed by atoms with E-state index in [0.717, 1.165) is 44.3 Å². The minimum Gasteiger partial charge on any atom is -0.467 e. The van der Waals surface area contributed by atoms with Crippen molar-refractivity contribution >= 4 is 34.4 Å². The molecule has 4 rings (SSSR count). The Morgan fingerprint density at radius 3 is 2.79 bits per heavy atom. The average Bonchev–Trinajstić information content (AvgIpc) is 3.30. The Morgan fingerprint density at radius 2 is 2.03 bits per heavy atom. The van der Waals surface area contributed by atoms with Crippen LogP contribution in [0.15, 0.2) is 58.4 Å². The zero-order valence-electron chi connectivity index (χ0n) is 16.6. The summed E-state index contributed by atoms with van der Waals surface area (Å²) >= 11 is 1.43. The molecule has 0 saturated carbocycles. The molecule has 0 unspecified atom stereocenters. The Hall–Kier alpha value is -3.06. The molecule has 0 bridgehead atoms. The molecule has 7 heteroatoms. The van der Waals surface area contributed by atoms with Gasteiger partial charge in [-0.3, -0.25) is 4.79 Å². The molecule has 0 aliphatic carbocycles. The average molecular weight is 407 g/mol. The van der Waals surface area contributed by atoms with Crippen molar-refractivity contribution in [1.82, 2.24) is 14.5 Å². The molecule has 6 nitrogen and oxygen atoms in total. The van der Waals surface area contributed by atoms with Gasteiger partial charge in [-0.2, -0.15) is 0 Å². The highest BCUT2D eigenvalue weighted by Gasteiger charge is 2.18. The maximum absolute atomic E-state index is 12.4. The fraction of sp³-hybridized carbons (Fsp3) is 0.227. The van der Waals surface area contributed by atoms with Crippen LogP contribution in [-0.2, 0) is 11.3 Å². The van der Waals surface area contributed by atoms with Gasteiger partial charge in [0.05, 0.1) is 23.9 Å². The molecular weight excluding hydrogens is 384 g/mol. The van der Waals surface area contributed by atoms with Gasteiger partial charge in [-0.15, -0.1) is 0 Å². The summed E-state index contributed by atoms with van der Waals surface area (Å²) in [6.45, 7) is 6.74. The molecule has 0 spiro atoms. The molecule has 3 aromatic heterocycles. The van der Waals surface area contributed by atoms with E-state index in [1.807, 2.05) is 43.3 Å². The van der Waals surface area contributed by atoms with E-state index in [9.17, 15) is 4.79 Å². The van der Waals surface area contributed by atoms with Crippen molar-refractivity contribution in [2.75, 3.05) is 11.1 Å². The molecule has 0 fully saturated rings. The number of aromatic nitrogens is 3. The number of aryl methyl sites for hydroxylation is 2. The van der Waals surface area contributed by atoms with E-state index in [1.165, 1.54) is 11.8 Å². The van der Waals surface area contributed by atoms with Crippen molar-refractivity contribution < 1.29 is 9.21 Å². The van der Waals surface area contributed by atoms with Crippen LogP contribution in [0.2, 0.25) is 0 Å². The van der Waals surface area contributed by atoms with E-state index in [2.05, 4.69) is 33.7 Å². The van der Waals surface area contributed by atoms with Gasteiger partial charge in [0.2, 0.25) is 5.91 Å². The highest BCUT2D eigenvalue weighted by atomic mass is 32.2. The van der Waals surface area contributed by atoms with Gasteiger partial charge in [0, 0.05) is 11.4 Å². The number of hydrogen-bond donors (Lipinski definition) is 1. The van der Waals surface area contributed by atoms with Gasteiger partial charge in [-0.05, 0) is 56.2 Å². The second kappa shape index (κ2) is 8.13. The summed E-state index contributed by atoms with van der Waals surface area (Å²) in [7, 11) is 0. The van der Waals surface area contributed by atoms with Gasteiger partial charge >= 0.3 is 0 Å². The van der Waals surface area contributed by atoms with Crippen LogP contribution in [0.5, 0.6) is 0 Å². The molecule has 0 aliphatic rings. The highest BCUT2D eigenvalue weighted by molar-refractivity contribution is 8.00. The van der Waals surface area contributed by atoms with Crippen molar-refractivity contribution in [2.24, 2.45) is 0 Å². The summed E-state index contributed by atoms with van der Waals surface area (Å²) in [6.07, 6.45) is 3.23. The molecule has 1 amide bonds. The minimum absolute atomic E-state index is 0.0586. The molecule has 0 radical (unpaired) electrons. The first kappa shape index (κ1) is 19.3. The first-order chi connectivity index (χ1) is 14.0. The predicted octanol–water partition coefficient (Wildman–Crippen LogP) is 4.73. The van der Waals surface area contributed by atoms with Crippen LogP contribution in [-0.4, -0.2) is 26.2 Å². The van der Waals surface area contributed by atoms with Crippen LogP contribution < -0.4 is 5.32 Å². The van der Waals surface area contributed by atoms with Crippen LogP contribution in [0, 0.1) is 20.8 Å². The van der Waals surface area contributed by atoms with Crippen LogP contribution in [0.3, 0.4) is 0 Å². The van der Waals surface area contributed by atoms with Gasteiger partial charge in [-0.25, -0.2) is 9.97 Å². The first-order valence-electron chi connectivity index (χ1n) is 9.35. The highest BCUT2D eigenvalue weighted by Crippen LogP contribution is 2.31. The summed E-state index contributed by atoms with van der Waals surface area (Å²) in [5.41, 5.74) is 5.00. The van der Waals surface area contributed by atoms with Crippen molar-refractivity contribution in [1.29, 1.82) is 0 Å². The molecular formula is C22H22N4O2S. The van der Waals surface area contributed by atoms with Gasteiger partial charge in [0.1, 0.15) is 22.8 Å². The SMILES string of the molecule is Cc1cccc(NC(=O)CSc2ncnc3c2c(C)c(C)n3Cc2ccco2)c1. The predicted molar refractivity (Wildman–Crippen MR) is 115 cm³/mol. The number of amides is 1. The number of furan rings is 1. The molecule has 1 aromatic carbocycles. The lowest BCUT2D eigenvalue weighted by Gasteiger charge is -2.07. The molecule has 0 aliphatic heterocycles. The van der Waals surface area contributed by atoms with Gasteiger partial charge in [-0.1, -0.05) is 23.9 Å². The lowest BCUT2D eigenvalue weighted by atomic mass is 10.2. The molecule has 29 heavy (non-hydrogen) atoms. The van der Waals surface area contributed by atoms with Crippen LogP contribution in [0.4, 0.5) is 5.69 Å². The molecule has 0 saturated heterocycles. The van der Waals surface area contributed by atoms with Crippen molar-refractivity contribution in [3.8, 4) is 0 Å². The fourth-order valence-corrected chi connectivity index (χ4v) is 4.20. The summed E-state index contributed by atoms with van der Waals surface area (Å²) in [5, 5.41) is 4.74. The largest absolute Gasteiger partial charge is 0.467 e. The standard InChI is InChI=1S/C22H22N4O2S/c1-14-6-4-7-17(10-14)25-19(27)12-29-22-20-15(2)16(3)26(21(20)23-13-24-22)11-18-8-5-9-28-18/h4-10,13H,11-12H2,1-3H3,(H,25,27). The second-order valence-electron chi connectivity index (χ2n) is 6.96. The summed E-state index contributed by atoms with van der Waals surface area (Å²) < 4.78 is 7.63. The monoisotopic (exact) mass is 406 g/mol. The van der Waals surface area contributed by atoms with Crippen LogP contribution in [0.25, 0.3) is 11.0 Å². The van der Waals surface area contributed by atoms with Crippen molar-refractivity contribution in [3.63, 3.8) is 0 Å². The lowest BCUT2D eigenvalue weighted by molar-refractivity contribution is -0.113. The Labute approximate surface area is 173 Å². The Kier molecular flexibility index (Phi) is 5.40. The normalized spacial score (nSPS) is 11.1.